The minimum absolute atomic E-state index is 0.0497. The lowest BCUT2D eigenvalue weighted by Crippen LogP contribution is -2.04. The summed E-state index contributed by atoms with van der Waals surface area (Å²) in [4.78, 5) is 10.9. The molecule has 17 heavy (non-hydrogen) atoms. The van der Waals surface area contributed by atoms with Crippen molar-refractivity contribution < 1.29 is 27.4 Å². The lowest BCUT2D eigenvalue weighted by atomic mass is 10.1. The molecule has 0 bridgehead atoms. The normalized spacial score (nSPS) is 10.4. The molecule has 0 aliphatic rings. The van der Waals surface area contributed by atoms with Crippen LogP contribution in [0.15, 0.2) is 18.2 Å². The van der Waals surface area contributed by atoms with E-state index < -0.39 is 18.4 Å². The van der Waals surface area contributed by atoms with Crippen LogP contribution in [0.25, 0.3) is 0 Å². The number of rotatable bonds is 5. The lowest BCUT2D eigenvalue weighted by molar-refractivity contribution is -0.140. The molecule has 1 aromatic carbocycles. The van der Waals surface area contributed by atoms with Gasteiger partial charge in [-0.15, -0.1) is 0 Å². The van der Waals surface area contributed by atoms with Crippen molar-refractivity contribution in [1.82, 2.24) is 0 Å². The number of hydrogen-bond donors (Lipinski definition) is 0. The Hall–Kier alpha value is -1.72. The van der Waals surface area contributed by atoms with E-state index >= 15 is 0 Å². The number of ether oxygens (including phenoxy) is 2. The molecule has 3 nitrogen and oxygen atoms in total. The molecule has 0 spiro atoms. The van der Waals surface area contributed by atoms with E-state index in [0.717, 1.165) is 12.1 Å². The van der Waals surface area contributed by atoms with Crippen molar-refractivity contribution in [1.29, 1.82) is 0 Å². The van der Waals surface area contributed by atoms with Crippen LogP contribution in [-0.4, -0.2) is 19.7 Å². The number of alkyl halides is 2. The Morgan fingerprint density at radius 1 is 1.35 bits per heavy atom. The van der Waals surface area contributed by atoms with Crippen molar-refractivity contribution in [2.45, 2.75) is 19.5 Å². The fraction of sp³-hybridized carbons (Fsp3) is 0.364. The van der Waals surface area contributed by atoms with Gasteiger partial charge in [-0.05, 0) is 24.1 Å². The lowest BCUT2D eigenvalue weighted by Gasteiger charge is -2.07. The van der Waals surface area contributed by atoms with E-state index in [0.29, 0.717) is 5.56 Å². The number of carbonyl (C=O) groups excluding carboxylic acids is 1. The Bertz CT molecular complexity index is 394. The summed E-state index contributed by atoms with van der Waals surface area (Å²) in [5.41, 5.74) is 0.394. The molecule has 1 rings (SSSR count). The molecule has 0 saturated carbocycles. The second-order valence-electron chi connectivity index (χ2n) is 3.25. The van der Waals surface area contributed by atoms with Crippen molar-refractivity contribution in [2.75, 3.05) is 7.11 Å². The van der Waals surface area contributed by atoms with Gasteiger partial charge in [-0.25, -0.2) is 4.39 Å². The summed E-state index contributed by atoms with van der Waals surface area (Å²) in [5.74, 6) is -1.41. The summed E-state index contributed by atoms with van der Waals surface area (Å²) in [7, 11) is 1.24. The largest absolute Gasteiger partial charge is 0.469 e. The number of benzene rings is 1. The minimum atomic E-state index is -3.01. The Kier molecular flexibility index (Phi) is 4.81. The molecule has 0 fully saturated rings. The monoisotopic (exact) mass is 248 g/mol. The second-order valence-corrected chi connectivity index (χ2v) is 3.25. The van der Waals surface area contributed by atoms with Crippen molar-refractivity contribution in [3.63, 3.8) is 0 Å². The van der Waals surface area contributed by atoms with Gasteiger partial charge in [0.15, 0.2) is 0 Å². The van der Waals surface area contributed by atoms with Crippen LogP contribution >= 0.6 is 0 Å². The standard InChI is InChI=1S/C11H11F3O3/c1-16-10(15)3-2-7-4-8(12)6-9(5-7)17-11(13)14/h4-6,11H,2-3H2,1H3. The highest BCUT2D eigenvalue weighted by Crippen LogP contribution is 2.19. The maximum absolute atomic E-state index is 13.0. The summed E-state index contributed by atoms with van der Waals surface area (Å²) >= 11 is 0. The summed E-state index contributed by atoms with van der Waals surface area (Å²) < 4.78 is 45.4. The van der Waals surface area contributed by atoms with E-state index in [-0.39, 0.29) is 18.6 Å². The van der Waals surface area contributed by atoms with E-state index in [4.69, 9.17) is 0 Å². The first-order chi connectivity index (χ1) is 8.01. The van der Waals surface area contributed by atoms with Crippen molar-refractivity contribution in [2.24, 2.45) is 0 Å². The SMILES string of the molecule is COC(=O)CCc1cc(F)cc(OC(F)F)c1. The zero-order valence-corrected chi connectivity index (χ0v) is 9.08. The molecule has 1 aromatic rings. The second kappa shape index (κ2) is 6.12. The van der Waals surface area contributed by atoms with Gasteiger partial charge in [-0.3, -0.25) is 4.79 Å². The highest BCUT2D eigenvalue weighted by molar-refractivity contribution is 5.69. The Balaban J connectivity index is 2.71. The van der Waals surface area contributed by atoms with Gasteiger partial charge in [0.25, 0.3) is 0 Å². The predicted octanol–water partition coefficient (Wildman–Crippen LogP) is 2.53. The van der Waals surface area contributed by atoms with E-state index in [1.807, 2.05) is 0 Å². The molecule has 0 aromatic heterocycles. The molecule has 0 radical (unpaired) electrons. The molecule has 94 valence electrons. The van der Waals surface area contributed by atoms with Gasteiger partial charge in [0.1, 0.15) is 11.6 Å². The smallest absolute Gasteiger partial charge is 0.387 e. The third-order valence-corrected chi connectivity index (χ3v) is 2.00. The van der Waals surface area contributed by atoms with Crippen LogP contribution in [0.4, 0.5) is 13.2 Å². The molecule has 0 unspecified atom stereocenters. The van der Waals surface area contributed by atoms with Gasteiger partial charge in [0, 0.05) is 12.5 Å². The van der Waals surface area contributed by atoms with E-state index in [1.54, 1.807) is 0 Å². The van der Waals surface area contributed by atoms with Crippen LogP contribution in [0.5, 0.6) is 5.75 Å². The first kappa shape index (κ1) is 13.3. The Labute approximate surface area is 96.1 Å². The third-order valence-electron chi connectivity index (χ3n) is 2.00. The van der Waals surface area contributed by atoms with Crippen LogP contribution in [-0.2, 0) is 16.0 Å². The molecule has 0 amide bonds. The highest BCUT2D eigenvalue weighted by atomic mass is 19.3. The molecule has 0 heterocycles. The van der Waals surface area contributed by atoms with E-state index in [9.17, 15) is 18.0 Å². The summed E-state index contributed by atoms with van der Waals surface area (Å²) in [6, 6.07) is 3.27. The minimum Gasteiger partial charge on any atom is -0.469 e. The summed E-state index contributed by atoms with van der Waals surface area (Å²) in [6.07, 6.45) is 0.248. The van der Waals surface area contributed by atoms with Crippen LogP contribution in [0.2, 0.25) is 0 Å². The average molecular weight is 248 g/mol. The van der Waals surface area contributed by atoms with Gasteiger partial charge < -0.3 is 9.47 Å². The van der Waals surface area contributed by atoms with Gasteiger partial charge in [-0.1, -0.05) is 0 Å². The van der Waals surface area contributed by atoms with Crippen molar-refractivity contribution in [3.05, 3.63) is 29.6 Å². The molecule has 0 N–H and O–H groups in total. The van der Waals surface area contributed by atoms with Crippen LogP contribution in [0.1, 0.15) is 12.0 Å². The number of aryl methyl sites for hydroxylation is 1. The topological polar surface area (TPSA) is 35.5 Å². The van der Waals surface area contributed by atoms with Crippen LogP contribution < -0.4 is 4.74 Å². The predicted molar refractivity (Wildman–Crippen MR) is 53.4 cm³/mol. The molecule has 0 atom stereocenters. The Morgan fingerprint density at radius 2 is 2.06 bits per heavy atom. The quantitative estimate of drug-likeness (QED) is 0.751. The van der Waals surface area contributed by atoms with Crippen molar-refractivity contribution in [3.8, 4) is 5.75 Å². The van der Waals surface area contributed by atoms with Gasteiger partial charge in [-0.2, -0.15) is 8.78 Å². The number of hydrogen-bond acceptors (Lipinski definition) is 3. The van der Waals surface area contributed by atoms with E-state index in [2.05, 4.69) is 9.47 Å². The first-order valence-corrected chi connectivity index (χ1v) is 4.82. The molecule has 0 aliphatic carbocycles. The molecular weight excluding hydrogens is 237 g/mol. The van der Waals surface area contributed by atoms with E-state index in [1.165, 1.54) is 13.2 Å². The molecule has 0 aliphatic heterocycles. The zero-order valence-electron chi connectivity index (χ0n) is 9.08. The first-order valence-electron chi connectivity index (χ1n) is 4.82. The van der Waals surface area contributed by atoms with Gasteiger partial charge >= 0.3 is 12.6 Å². The van der Waals surface area contributed by atoms with Crippen molar-refractivity contribution >= 4 is 5.97 Å². The van der Waals surface area contributed by atoms with Crippen LogP contribution in [0, 0.1) is 5.82 Å². The number of esters is 1. The fourth-order valence-corrected chi connectivity index (χ4v) is 1.28. The third kappa shape index (κ3) is 4.76. The molecule has 6 heteroatoms. The van der Waals surface area contributed by atoms with Gasteiger partial charge in [0.2, 0.25) is 0 Å². The molecular formula is C11H11F3O3. The fourth-order valence-electron chi connectivity index (χ4n) is 1.28. The molecule has 0 saturated heterocycles. The highest BCUT2D eigenvalue weighted by Gasteiger charge is 2.09. The average Bonchev–Trinajstić information content (AvgIpc) is 2.24. The maximum Gasteiger partial charge on any atom is 0.387 e. The Morgan fingerprint density at radius 3 is 2.65 bits per heavy atom. The summed E-state index contributed by atoms with van der Waals surface area (Å²) in [6.45, 7) is -3.01. The van der Waals surface area contributed by atoms with Gasteiger partial charge in [0.05, 0.1) is 7.11 Å². The zero-order chi connectivity index (χ0) is 12.8. The van der Waals surface area contributed by atoms with Crippen LogP contribution in [0.3, 0.4) is 0 Å². The number of halogens is 3. The number of carbonyl (C=O) groups is 1. The summed E-state index contributed by atoms with van der Waals surface area (Å²) in [5, 5.41) is 0. The number of methoxy groups -OCH3 is 1. The maximum atomic E-state index is 13.0.